The number of hydrogen-bond donors (Lipinski definition) is 1. The van der Waals surface area contributed by atoms with Crippen LogP contribution in [0.2, 0.25) is 0 Å². The number of hydrogen-bond acceptors (Lipinski definition) is 5. The van der Waals surface area contributed by atoms with E-state index in [0.717, 1.165) is 42.5 Å². The summed E-state index contributed by atoms with van der Waals surface area (Å²) < 4.78 is 11.3. The van der Waals surface area contributed by atoms with Crippen LogP contribution >= 0.6 is 24.0 Å². The van der Waals surface area contributed by atoms with Gasteiger partial charge in [-0.1, -0.05) is 30.3 Å². The highest BCUT2D eigenvalue weighted by Gasteiger charge is 2.38. The Morgan fingerprint density at radius 2 is 1.87 bits per heavy atom. The average molecular weight is 458 g/mol. The van der Waals surface area contributed by atoms with Crippen LogP contribution in [0.4, 0.5) is 10.5 Å². The number of para-hydroxylation sites is 2. The number of anilines is 1. The van der Waals surface area contributed by atoms with E-state index >= 15 is 0 Å². The minimum Gasteiger partial charge on any atom is -0.490 e. The predicted molar refractivity (Wildman–Crippen MR) is 128 cm³/mol. The number of ether oxygens (including phenoxy) is 2. The molecule has 0 saturated carbocycles. The third-order valence-electron chi connectivity index (χ3n) is 5.62. The Morgan fingerprint density at radius 3 is 2.61 bits per heavy atom. The summed E-state index contributed by atoms with van der Waals surface area (Å²) in [5, 5.41) is 4.11. The van der Waals surface area contributed by atoms with Crippen molar-refractivity contribution in [3.05, 3.63) is 54.6 Å². The fourth-order valence-electron chi connectivity index (χ4n) is 3.96. The van der Waals surface area contributed by atoms with Crippen molar-refractivity contribution in [1.82, 2.24) is 9.80 Å². The van der Waals surface area contributed by atoms with Crippen molar-refractivity contribution in [1.29, 1.82) is 0 Å². The highest BCUT2D eigenvalue weighted by atomic mass is 32.2. The lowest BCUT2D eigenvalue weighted by Crippen LogP contribution is -2.48. The Hall–Kier alpha value is -2.45. The van der Waals surface area contributed by atoms with Gasteiger partial charge in [-0.3, -0.25) is 0 Å². The first-order valence-corrected chi connectivity index (χ1v) is 12.1. The number of amides is 1. The molecule has 2 saturated heterocycles. The van der Waals surface area contributed by atoms with Gasteiger partial charge in [0.1, 0.15) is 12.4 Å². The van der Waals surface area contributed by atoms with Crippen molar-refractivity contribution in [3.63, 3.8) is 0 Å². The molecule has 2 fully saturated rings. The van der Waals surface area contributed by atoms with Gasteiger partial charge in [-0.2, -0.15) is 0 Å². The Bertz CT molecular complexity index is 904. The van der Waals surface area contributed by atoms with Crippen molar-refractivity contribution < 1.29 is 14.3 Å². The Labute approximate surface area is 192 Å². The zero-order valence-corrected chi connectivity index (χ0v) is 19.2. The molecule has 8 heteroatoms. The number of cyclic esters (lactones) is 1. The van der Waals surface area contributed by atoms with E-state index in [4.69, 9.17) is 21.7 Å². The molecule has 1 N–H and O–H groups in total. The molecule has 2 aliphatic rings. The second kappa shape index (κ2) is 10.2. The van der Waals surface area contributed by atoms with Gasteiger partial charge in [0, 0.05) is 24.0 Å². The minimum absolute atomic E-state index is 0.173. The second-order valence-electron chi connectivity index (χ2n) is 7.63. The number of carbonyl (C=O) groups excluding carboxylic acids is 1. The smallest absolute Gasteiger partial charge is 0.410 e. The fraction of sp³-hybridized carbons (Fsp3) is 0.391. The molecule has 2 aromatic carbocycles. The summed E-state index contributed by atoms with van der Waals surface area (Å²) in [4.78, 5) is 17.6. The first-order valence-electron chi connectivity index (χ1n) is 10.5. The summed E-state index contributed by atoms with van der Waals surface area (Å²) in [5.74, 6) is 0.786. The molecule has 0 radical (unpaired) electrons. The summed E-state index contributed by atoms with van der Waals surface area (Å²) in [6.07, 6.45) is 3.31. The van der Waals surface area contributed by atoms with Crippen LogP contribution < -0.4 is 10.1 Å². The first-order chi connectivity index (χ1) is 15.1. The monoisotopic (exact) mass is 457 g/mol. The summed E-state index contributed by atoms with van der Waals surface area (Å²) in [7, 11) is 0. The molecule has 1 amide bonds. The molecule has 0 aromatic heterocycles. The highest BCUT2D eigenvalue weighted by molar-refractivity contribution is 7.98. The van der Waals surface area contributed by atoms with Crippen LogP contribution in [0.3, 0.4) is 0 Å². The normalized spacial score (nSPS) is 19.3. The van der Waals surface area contributed by atoms with Gasteiger partial charge in [0.05, 0.1) is 12.2 Å². The molecule has 0 bridgehead atoms. The van der Waals surface area contributed by atoms with Crippen LogP contribution in [0.15, 0.2) is 59.5 Å². The fourth-order valence-corrected chi connectivity index (χ4v) is 4.80. The molecule has 2 heterocycles. The summed E-state index contributed by atoms with van der Waals surface area (Å²) in [6.45, 7) is 2.56. The van der Waals surface area contributed by atoms with E-state index in [2.05, 4.69) is 22.5 Å². The number of nitrogens with zero attached hydrogens (tertiary/aromatic N) is 2. The maximum atomic E-state index is 12.4. The van der Waals surface area contributed by atoms with Gasteiger partial charge >= 0.3 is 6.09 Å². The van der Waals surface area contributed by atoms with Gasteiger partial charge in [-0.15, -0.1) is 11.8 Å². The van der Waals surface area contributed by atoms with Gasteiger partial charge in [0.25, 0.3) is 0 Å². The molecule has 2 aliphatic heterocycles. The van der Waals surface area contributed by atoms with Crippen molar-refractivity contribution in [2.75, 3.05) is 37.8 Å². The number of thiocarbonyl (C=S) groups is 1. The van der Waals surface area contributed by atoms with Crippen LogP contribution in [-0.4, -0.2) is 65.6 Å². The second-order valence-corrected chi connectivity index (χ2v) is 8.87. The number of rotatable bonds is 6. The van der Waals surface area contributed by atoms with Crippen LogP contribution in [0.25, 0.3) is 0 Å². The SMILES string of the molecule is CSc1ccccc1NC(=S)N1CCC(N2CC(COc3ccccc3)OC2=O)CC1. The minimum atomic E-state index is -0.241. The van der Waals surface area contributed by atoms with Crippen LogP contribution in [-0.2, 0) is 4.74 Å². The van der Waals surface area contributed by atoms with Crippen LogP contribution in [0, 0.1) is 0 Å². The number of nitrogens with one attached hydrogen (secondary N) is 1. The van der Waals surface area contributed by atoms with Gasteiger partial charge in [-0.25, -0.2) is 4.79 Å². The van der Waals surface area contributed by atoms with Crippen LogP contribution in [0.1, 0.15) is 12.8 Å². The van der Waals surface area contributed by atoms with Gasteiger partial charge in [0.15, 0.2) is 11.2 Å². The zero-order valence-electron chi connectivity index (χ0n) is 17.5. The largest absolute Gasteiger partial charge is 0.490 e. The lowest BCUT2D eigenvalue weighted by atomic mass is 10.0. The Morgan fingerprint density at radius 1 is 1.16 bits per heavy atom. The first kappa shape index (κ1) is 21.8. The van der Waals surface area contributed by atoms with Gasteiger partial charge in [0.2, 0.25) is 0 Å². The van der Waals surface area contributed by atoms with Crippen molar-refractivity contribution in [2.45, 2.75) is 29.9 Å². The molecule has 0 aliphatic carbocycles. The molecule has 6 nitrogen and oxygen atoms in total. The molecule has 1 atom stereocenters. The highest BCUT2D eigenvalue weighted by Crippen LogP contribution is 2.27. The number of benzene rings is 2. The Kier molecular flexibility index (Phi) is 7.19. The van der Waals surface area contributed by atoms with E-state index in [1.54, 1.807) is 11.8 Å². The molecular weight excluding hydrogens is 430 g/mol. The maximum Gasteiger partial charge on any atom is 0.410 e. The lowest BCUT2D eigenvalue weighted by molar-refractivity contribution is 0.0997. The van der Waals surface area contributed by atoms with E-state index in [9.17, 15) is 4.79 Å². The standard InChI is InChI=1S/C23H27N3O3S2/c1-31-21-10-6-5-9-20(21)24-22(30)25-13-11-17(12-14-25)26-15-19(29-23(26)27)16-28-18-7-3-2-4-8-18/h2-10,17,19H,11-16H2,1H3,(H,24,30). The third-order valence-corrected chi connectivity index (χ3v) is 6.78. The third kappa shape index (κ3) is 5.43. The maximum absolute atomic E-state index is 12.4. The molecule has 4 rings (SSSR count). The van der Waals surface area contributed by atoms with E-state index in [-0.39, 0.29) is 18.2 Å². The number of likely N-dealkylation sites (tertiary alicyclic amines) is 1. The van der Waals surface area contributed by atoms with Crippen molar-refractivity contribution in [2.24, 2.45) is 0 Å². The number of thioether (sulfide) groups is 1. The lowest BCUT2D eigenvalue weighted by Gasteiger charge is -2.37. The molecule has 164 valence electrons. The van der Waals surface area contributed by atoms with E-state index in [1.807, 2.05) is 53.4 Å². The summed E-state index contributed by atoms with van der Waals surface area (Å²) in [5.41, 5.74) is 1.03. The average Bonchev–Trinajstić information content (AvgIpc) is 3.19. The van der Waals surface area contributed by atoms with E-state index in [1.165, 1.54) is 4.90 Å². The molecule has 2 aromatic rings. The number of carbonyl (C=O) groups is 1. The van der Waals surface area contributed by atoms with E-state index < -0.39 is 0 Å². The van der Waals surface area contributed by atoms with Crippen molar-refractivity contribution in [3.8, 4) is 5.75 Å². The van der Waals surface area contributed by atoms with Gasteiger partial charge in [-0.05, 0) is 55.6 Å². The molecule has 31 heavy (non-hydrogen) atoms. The topological polar surface area (TPSA) is 54.0 Å². The zero-order chi connectivity index (χ0) is 21.6. The molecule has 0 spiro atoms. The summed E-state index contributed by atoms with van der Waals surface area (Å²) in [6, 6.07) is 17.9. The Balaban J connectivity index is 1.25. The van der Waals surface area contributed by atoms with E-state index in [0.29, 0.717) is 13.2 Å². The predicted octanol–water partition coefficient (Wildman–Crippen LogP) is 4.47. The van der Waals surface area contributed by atoms with Crippen LogP contribution in [0.5, 0.6) is 5.75 Å². The molecule has 1 unspecified atom stereocenters. The summed E-state index contributed by atoms with van der Waals surface area (Å²) >= 11 is 7.34. The van der Waals surface area contributed by atoms with Gasteiger partial charge < -0.3 is 24.6 Å². The van der Waals surface area contributed by atoms with Crippen molar-refractivity contribution >= 4 is 40.9 Å². The number of piperidine rings is 1. The quantitative estimate of drug-likeness (QED) is 0.507. The molecular formula is C23H27N3O3S2.